The van der Waals surface area contributed by atoms with E-state index in [0.717, 1.165) is 17.8 Å². The van der Waals surface area contributed by atoms with Crippen LogP contribution in [0.3, 0.4) is 0 Å². The number of nitrogens with two attached hydrogens (primary N) is 1. The molecule has 0 bridgehead atoms. The number of aromatic nitrogens is 1. The number of aliphatic hydroxyl groups is 1. The average Bonchev–Trinajstić information content (AvgIpc) is 2.60. The van der Waals surface area contributed by atoms with Crippen molar-refractivity contribution >= 4 is 11.3 Å². The van der Waals surface area contributed by atoms with Crippen molar-refractivity contribution in [3.8, 4) is 0 Å². The van der Waals surface area contributed by atoms with E-state index in [-0.39, 0.29) is 6.54 Å². The fourth-order valence-corrected chi connectivity index (χ4v) is 2.61. The molecule has 1 aromatic heterocycles. The number of hydrogen-bond donors (Lipinski definition) is 2. The van der Waals surface area contributed by atoms with Crippen molar-refractivity contribution in [2.75, 3.05) is 6.54 Å². The number of aryl methyl sites for hydroxylation is 2. The van der Waals surface area contributed by atoms with Crippen LogP contribution in [-0.2, 0) is 12.8 Å². The molecule has 12 heavy (non-hydrogen) atoms. The maximum absolute atomic E-state index is 9.41. The lowest BCUT2D eigenvalue weighted by atomic mass is 10.3. The van der Waals surface area contributed by atoms with Gasteiger partial charge in [0.2, 0.25) is 0 Å². The summed E-state index contributed by atoms with van der Waals surface area (Å²) in [5.41, 5.74) is 6.52. The van der Waals surface area contributed by atoms with Gasteiger partial charge in [-0.05, 0) is 19.3 Å². The Labute approximate surface area is 75.2 Å². The number of hydrogen-bond acceptors (Lipinski definition) is 4. The highest BCUT2D eigenvalue weighted by Crippen LogP contribution is 2.30. The van der Waals surface area contributed by atoms with E-state index < -0.39 is 6.10 Å². The molecule has 1 aliphatic rings. The SMILES string of the molecule is NC[C@H](O)c1nc2c(s1)CCC2. The Morgan fingerprint density at radius 1 is 1.58 bits per heavy atom. The maximum Gasteiger partial charge on any atom is 0.123 e. The molecule has 0 unspecified atom stereocenters. The average molecular weight is 184 g/mol. The Morgan fingerprint density at radius 3 is 3.08 bits per heavy atom. The standard InChI is InChI=1S/C8H12N2OS/c9-4-6(11)8-10-5-2-1-3-7(5)12-8/h6,11H,1-4,9H2/t6-/m0/s1. The second-order valence-corrected chi connectivity index (χ2v) is 4.14. The van der Waals surface area contributed by atoms with Gasteiger partial charge >= 0.3 is 0 Å². The van der Waals surface area contributed by atoms with Gasteiger partial charge in [0.15, 0.2) is 0 Å². The minimum Gasteiger partial charge on any atom is -0.385 e. The van der Waals surface area contributed by atoms with Crippen LogP contribution in [0.2, 0.25) is 0 Å². The summed E-state index contributed by atoms with van der Waals surface area (Å²) in [6, 6.07) is 0. The van der Waals surface area contributed by atoms with Crippen molar-refractivity contribution in [3.05, 3.63) is 15.6 Å². The van der Waals surface area contributed by atoms with Crippen LogP contribution in [0, 0.1) is 0 Å². The lowest BCUT2D eigenvalue weighted by Crippen LogP contribution is -2.11. The van der Waals surface area contributed by atoms with Crippen molar-refractivity contribution in [2.24, 2.45) is 5.73 Å². The van der Waals surface area contributed by atoms with Gasteiger partial charge in [0.1, 0.15) is 11.1 Å². The summed E-state index contributed by atoms with van der Waals surface area (Å²) >= 11 is 1.61. The molecular formula is C8H12N2OS. The van der Waals surface area contributed by atoms with E-state index in [1.165, 1.54) is 17.0 Å². The van der Waals surface area contributed by atoms with Crippen molar-refractivity contribution < 1.29 is 5.11 Å². The first-order valence-corrected chi connectivity index (χ1v) is 4.99. The normalized spacial score (nSPS) is 17.8. The Morgan fingerprint density at radius 2 is 2.42 bits per heavy atom. The fourth-order valence-electron chi connectivity index (χ4n) is 1.45. The summed E-state index contributed by atoms with van der Waals surface area (Å²) in [7, 11) is 0. The molecule has 0 saturated carbocycles. The van der Waals surface area contributed by atoms with Crippen LogP contribution in [0.1, 0.15) is 28.1 Å². The highest BCUT2D eigenvalue weighted by molar-refractivity contribution is 7.11. The number of aliphatic hydroxyl groups excluding tert-OH is 1. The van der Waals surface area contributed by atoms with Gasteiger partial charge < -0.3 is 10.8 Å². The van der Waals surface area contributed by atoms with Gasteiger partial charge in [0.25, 0.3) is 0 Å². The lowest BCUT2D eigenvalue weighted by Gasteiger charge is -2.01. The molecular weight excluding hydrogens is 172 g/mol. The number of thiazole rings is 1. The Kier molecular flexibility index (Phi) is 2.12. The van der Waals surface area contributed by atoms with Crippen LogP contribution >= 0.6 is 11.3 Å². The minimum absolute atomic E-state index is 0.270. The summed E-state index contributed by atoms with van der Waals surface area (Å²) < 4.78 is 0. The van der Waals surface area contributed by atoms with Crippen molar-refractivity contribution in [1.29, 1.82) is 0 Å². The summed E-state index contributed by atoms with van der Waals surface area (Å²) in [5.74, 6) is 0. The van der Waals surface area contributed by atoms with E-state index in [9.17, 15) is 5.11 Å². The molecule has 0 aromatic carbocycles. The largest absolute Gasteiger partial charge is 0.385 e. The van der Waals surface area contributed by atoms with Crippen LogP contribution < -0.4 is 5.73 Å². The molecule has 1 aliphatic carbocycles. The molecule has 0 amide bonds. The number of nitrogens with zero attached hydrogens (tertiary/aromatic N) is 1. The zero-order chi connectivity index (χ0) is 8.55. The molecule has 1 aromatic rings. The van der Waals surface area contributed by atoms with Gasteiger partial charge in [-0.15, -0.1) is 11.3 Å². The van der Waals surface area contributed by atoms with Crippen LogP contribution in [0.15, 0.2) is 0 Å². The second kappa shape index (κ2) is 3.12. The Bertz CT molecular complexity index is 263. The molecule has 2 rings (SSSR count). The third-order valence-corrected chi connectivity index (χ3v) is 3.38. The van der Waals surface area contributed by atoms with Crippen LogP contribution in [0.25, 0.3) is 0 Å². The molecule has 3 nitrogen and oxygen atoms in total. The monoisotopic (exact) mass is 184 g/mol. The van der Waals surface area contributed by atoms with Crippen LogP contribution in [0.4, 0.5) is 0 Å². The van der Waals surface area contributed by atoms with Crippen LogP contribution in [0.5, 0.6) is 0 Å². The fraction of sp³-hybridized carbons (Fsp3) is 0.625. The van der Waals surface area contributed by atoms with Gasteiger partial charge in [-0.2, -0.15) is 0 Å². The predicted molar refractivity (Wildman–Crippen MR) is 48.2 cm³/mol. The minimum atomic E-state index is -0.555. The molecule has 0 aliphatic heterocycles. The molecule has 1 atom stereocenters. The summed E-state index contributed by atoms with van der Waals surface area (Å²) in [6.45, 7) is 0.270. The van der Waals surface area contributed by atoms with Crippen molar-refractivity contribution in [3.63, 3.8) is 0 Å². The third-order valence-electron chi connectivity index (χ3n) is 2.12. The quantitative estimate of drug-likeness (QED) is 0.708. The first-order chi connectivity index (χ1) is 5.81. The maximum atomic E-state index is 9.41. The number of fused-ring (bicyclic) bond motifs is 1. The van der Waals surface area contributed by atoms with E-state index in [0.29, 0.717) is 0 Å². The van der Waals surface area contributed by atoms with Gasteiger partial charge in [0, 0.05) is 11.4 Å². The molecule has 0 fully saturated rings. The summed E-state index contributed by atoms with van der Waals surface area (Å²) in [6.07, 6.45) is 2.86. The van der Waals surface area contributed by atoms with E-state index in [2.05, 4.69) is 4.98 Å². The van der Waals surface area contributed by atoms with Crippen LogP contribution in [-0.4, -0.2) is 16.6 Å². The summed E-state index contributed by atoms with van der Waals surface area (Å²) in [5, 5.41) is 10.2. The van der Waals surface area contributed by atoms with Gasteiger partial charge in [-0.25, -0.2) is 4.98 Å². The molecule has 66 valence electrons. The van der Waals surface area contributed by atoms with Gasteiger partial charge in [0.05, 0.1) is 5.69 Å². The molecule has 0 saturated heterocycles. The Balaban J connectivity index is 2.25. The molecule has 0 radical (unpaired) electrons. The van der Waals surface area contributed by atoms with Gasteiger partial charge in [-0.3, -0.25) is 0 Å². The molecule has 4 heteroatoms. The molecule has 1 heterocycles. The molecule has 0 spiro atoms. The second-order valence-electron chi connectivity index (χ2n) is 3.03. The van der Waals surface area contributed by atoms with Crippen molar-refractivity contribution in [1.82, 2.24) is 4.98 Å². The zero-order valence-electron chi connectivity index (χ0n) is 6.79. The third kappa shape index (κ3) is 1.26. The van der Waals surface area contributed by atoms with Crippen molar-refractivity contribution in [2.45, 2.75) is 25.4 Å². The number of rotatable bonds is 2. The topological polar surface area (TPSA) is 59.1 Å². The summed E-state index contributed by atoms with van der Waals surface area (Å²) in [4.78, 5) is 5.69. The molecule has 3 N–H and O–H groups in total. The zero-order valence-corrected chi connectivity index (χ0v) is 7.60. The van der Waals surface area contributed by atoms with E-state index in [1.807, 2.05) is 0 Å². The van der Waals surface area contributed by atoms with Gasteiger partial charge in [-0.1, -0.05) is 0 Å². The van der Waals surface area contributed by atoms with E-state index in [1.54, 1.807) is 11.3 Å². The van der Waals surface area contributed by atoms with E-state index >= 15 is 0 Å². The highest BCUT2D eigenvalue weighted by Gasteiger charge is 2.19. The highest BCUT2D eigenvalue weighted by atomic mass is 32.1. The first kappa shape index (κ1) is 8.16. The first-order valence-electron chi connectivity index (χ1n) is 4.18. The smallest absolute Gasteiger partial charge is 0.123 e. The Hall–Kier alpha value is -0.450. The van der Waals surface area contributed by atoms with E-state index in [4.69, 9.17) is 5.73 Å². The lowest BCUT2D eigenvalue weighted by molar-refractivity contribution is 0.186. The predicted octanol–water partition coefficient (Wildman–Crippen LogP) is 0.624.